The molecule has 3 heteroatoms. The van der Waals surface area contributed by atoms with Gasteiger partial charge in [0, 0.05) is 26.3 Å². The van der Waals surface area contributed by atoms with E-state index in [1.54, 1.807) is 10.8 Å². The molecule has 1 aliphatic rings. The van der Waals surface area contributed by atoms with Gasteiger partial charge in [0.05, 0.1) is 8.07 Å². The largest absolute Gasteiger partial charge is 0.305 e. The van der Waals surface area contributed by atoms with Crippen molar-refractivity contribution in [2.45, 2.75) is 51.2 Å². The smallest absolute Gasteiger partial charge is 0.0799 e. The van der Waals surface area contributed by atoms with E-state index in [9.17, 15) is 0 Å². The Hall–Kier alpha value is -0.764. The van der Waals surface area contributed by atoms with Gasteiger partial charge in [-0.3, -0.25) is 0 Å². The van der Waals surface area contributed by atoms with Crippen molar-refractivity contribution in [3.05, 3.63) is 48.2 Å². The average molecular weight is 487 g/mol. The van der Waals surface area contributed by atoms with Gasteiger partial charge < -0.3 is 4.98 Å². The third-order valence-corrected chi connectivity index (χ3v) is 6.56. The molecule has 1 fully saturated rings. The van der Waals surface area contributed by atoms with Crippen LogP contribution < -0.4 is 5.19 Å². The maximum atomic E-state index is 4.75. The zero-order chi connectivity index (χ0) is 14.9. The monoisotopic (exact) mass is 487 g/mol. The predicted octanol–water partition coefficient (Wildman–Crippen LogP) is 4.75. The van der Waals surface area contributed by atoms with Crippen LogP contribution >= 0.6 is 0 Å². The van der Waals surface area contributed by atoms with Crippen molar-refractivity contribution >= 4 is 13.3 Å². The molecule has 0 N–H and O–H groups in total. The van der Waals surface area contributed by atoms with Crippen LogP contribution in [0.2, 0.25) is 19.6 Å². The van der Waals surface area contributed by atoms with Crippen LogP contribution in [0.5, 0.6) is 0 Å². The second-order valence-electron chi connectivity index (χ2n) is 7.16. The van der Waals surface area contributed by atoms with E-state index in [0.29, 0.717) is 0 Å². The summed E-state index contributed by atoms with van der Waals surface area (Å²) in [5.74, 6) is 0.747. The van der Waals surface area contributed by atoms with Gasteiger partial charge in [-0.25, -0.2) is 0 Å². The number of hydrogen-bond donors (Lipinski definition) is 0. The van der Waals surface area contributed by atoms with Crippen LogP contribution in [-0.4, -0.2) is 13.1 Å². The van der Waals surface area contributed by atoms with E-state index in [4.69, 9.17) is 4.98 Å². The molecule has 1 aromatic heterocycles. The Morgan fingerprint density at radius 3 is 2.45 bits per heavy atom. The fourth-order valence-electron chi connectivity index (χ4n) is 3.37. The number of hydrogen-bond acceptors (Lipinski definition) is 1. The molecule has 0 unspecified atom stereocenters. The molecular weight excluding hydrogens is 463 g/mol. The summed E-state index contributed by atoms with van der Waals surface area (Å²) in [4.78, 5) is 4.75. The Labute approximate surface area is 148 Å². The summed E-state index contributed by atoms with van der Waals surface area (Å²) in [6.45, 7) is 7.28. The zero-order valence-electron chi connectivity index (χ0n) is 13.7. The van der Waals surface area contributed by atoms with E-state index in [2.05, 4.69) is 50.1 Å². The van der Waals surface area contributed by atoms with E-state index in [-0.39, 0.29) is 20.1 Å². The van der Waals surface area contributed by atoms with E-state index in [0.717, 1.165) is 17.2 Å². The number of pyridine rings is 1. The summed E-state index contributed by atoms with van der Waals surface area (Å²) in [5, 5.41) is 1.55. The SMILES string of the molecule is C[Si](C)(C)c1cnc(-c2[c-]cccc2)cc1C1CCCC1.[Ir]. The van der Waals surface area contributed by atoms with Gasteiger partial charge in [-0.05, 0) is 29.6 Å². The molecular formula is C19H24IrNSi-. The number of aromatic nitrogens is 1. The minimum Gasteiger partial charge on any atom is -0.305 e. The fraction of sp³-hybridized carbons (Fsp3) is 0.421. The molecule has 0 atom stereocenters. The second kappa shape index (κ2) is 7.21. The van der Waals surface area contributed by atoms with Gasteiger partial charge in [-0.2, -0.15) is 0 Å². The molecule has 119 valence electrons. The molecule has 0 saturated heterocycles. The molecule has 1 aliphatic carbocycles. The van der Waals surface area contributed by atoms with E-state index < -0.39 is 8.07 Å². The van der Waals surface area contributed by atoms with Crippen molar-refractivity contribution in [1.82, 2.24) is 4.98 Å². The summed E-state index contributed by atoms with van der Waals surface area (Å²) >= 11 is 0. The van der Waals surface area contributed by atoms with Crippen LogP contribution in [0.4, 0.5) is 0 Å². The quantitative estimate of drug-likeness (QED) is 0.451. The summed E-state index contributed by atoms with van der Waals surface area (Å²) < 4.78 is 0. The minimum absolute atomic E-state index is 0. The van der Waals surface area contributed by atoms with Crippen molar-refractivity contribution in [3.8, 4) is 11.3 Å². The first-order valence-corrected chi connectivity index (χ1v) is 11.5. The third-order valence-electron chi connectivity index (χ3n) is 4.52. The molecule has 1 nitrogen and oxygen atoms in total. The van der Waals surface area contributed by atoms with Crippen LogP contribution in [0, 0.1) is 6.07 Å². The molecule has 1 radical (unpaired) electrons. The number of nitrogens with zero attached hydrogens (tertiary/aromatic N) is 1. The van der Waals surface area contributed by atoms with E-state index >= 15 is 0 Å². The van der Waals surface area contributed by atoms with Crippen LogP contribution in [0.15, 0.2) is 36.5 Å². The van der Waals surface area contributed by atoms with Gasteiger partial charge in [0.15, 0.2) is 0 Å². The van der Waals surface area contributed by atoms with Gasteiger partial charge >= 0.3 is 0 Å². The normalized spacial score (nSPS) is 15.6. The van der Waals surface area contributed by atoms with Gasteiger partial charge in [0.2, 0.25) is 0 Å². The molecule has 0 aliphatic heterocycles. The van der Waals surface area contributed by atoms with Crippen LogP contribution in [0.3, 0.4) is 0 Å². The molecule has 22 heavy (non-hydrogen) atoms. The molecule has 1 saturated carbocycles. The number of rotatable bonds is 3. The van der Waals surface area contributed by atoms with Gasteiger partial charge in [-0.1, -0.05) is 44.1 Å². The number of benzene rings is 1. The first-order valence-electron chi connectivity index (χ1n) is 8.03. The Bertz CT molecular complexity index is 613. The average Bonchev–Trinajstić information content (AvgIpc) is 3.01. The Balaban J connectivity index is 0.00000176. The van der Waals surface area contributed by atoms with Crippen LogP contribution in [0.25, 0.3) is 11.3 Å². The minimum atomic E-state index is -1.34. The maximum Gasteiger partial charge on any atom is 0.0799 e. The van der Waals surface area contributed by atoms with Crippen LogP contribution in [-0.2, 0) is 20.1 Å². The molecule has 1 heterocycles. The molecule has 2 aromatic rings. The summed E-state index contributed by atoms with van der Waals surface area (Å²) in [7, 11) is -1.34. The molecule has 0 amide bonds. The Morgan fingerprint density at radius 2 is 1.86 bits per heavy atom. The van der Waals surface area contributed by atoms with Crippen molar-refractivity contribution in [2.24, 2.45) is 0 Å². The van der Waals surface area contributed by atoms with Crippen molar-refractivity contribution in [1.29, 1.82) is 0 Å². The van der Waals surface area contributed by atoms with Crippen molar-refractivity contribution < 1.29 is 20.1 Å². The fourth-order valence-corrected chi connectivity index (χ4v) is 4.97. The van der Waals surface area contributed by atoms with E-state index in [1.807, 2.05) is 12.1 Å². The maximum absolute atomic E-state index is 4.75. The summed E-state index contributed by atoms with van der Waals surface area (Å²) in [5.41, 5.74) is 3.77. The zero-order valence-corrected chi connectivity index (χ0v) is 17.0. The van der Waals surface area contributed by atoms with Crippen molar-refractivity contribution in [2.75, 3.05) is 0 Å². The molecule has 1 aromatic carbocycles. The van der Waals surface area contributed by atoms with Gasteiger partial charge in [0.1, 0.15) is 0 Å². The van der Waals surface area contributed by atoms with Crippen molar-refractivity contribution in [3.63, 3.8) is 0 Å². The summed E-state index contributed by atoms with van der Waals surface area (Å²) in [6, 6.07) is 13.8. The third kappa shape index (κ3) is 3.76. The second-order valence-corrected chi connectivity index (χ2v) is 12.2. The molecule has 3 rings (SSSR count). The molecule has 0 spiro atoms. The van der Waals surface area contributed by atoms with Gasteiger partial charge in [-0.15, -0.1) is 35.9 Å². The first kappa shape index (κ1) is 17.6. The first-order chi connectivity index (χ1) is 10.1. The Kier molecular flexibility index (Phi) is 5.76. The van der Waals surface area contributed by atoms with Crippen LogP contribution in [0.1, 0.15) is 37.2 Å². The predicted molar refractivity (Wildman–Crippen MR) is 92.7 cm³/mol. The van der Waals surface area contributed by atoms with E-state index in [1.165, 1.54) is 25.7 Å². The standard InChI is InChI=1S/C19H24NSi.Ir/c1-21(2,3)19-14-20-18(16-11-5-4-6-12-16)13-17(19)15-9-7-8-10-15;/h4-6,11,13-15H,7-10H2,1-3H3;/q-1;. The molecule has 0 bridgehead atoms. The Morgan fingerprint density at radius 1 is 1.14 bits per heavy atom. The summed E-state index contributed by atoms with van der Waals surface area (Å²) in [6.07, 6.45) is 7.62. The topological polar surface area (TPSA) is 12.9 Å². The van der Waals surface area contributed by atoms with Gasteiger partial charge in [0.25, 0.3) is 0 Å².